The summed E-state index contributed by atoms with van der Waals surface area (Å²) in [6.45, 7) is 12.8. The van der Waals surface area contributed by atoms with E-state index in [1.54, 1.807) is 0 Å². The lowest BCUT2D eigenvalue weighted by atomic mass is 9.83. The molecule has 0 aliphatic carbocycles. The van der Waals surface area contributed by atoms with Crippen LogP contribution in [-0.2, 0) is 0 Å². The Bertz CT molecular complexity index is 918. The summed E-state index contributed by atoms with van der Waals surface area (Å²) in [4.78, 5) is 0. The van der Waals surface area contributed by atoms with Gasteiger partial charge in [0.05, 0.1) is 0 Å². The number of aliphatic hydroxyl groups excluding tert-OH is 1. The van der Waals surface area contributed by atoms with Gasteiger partial charge in [-0.15, -0.1) is 0 Å². The summed E-state index contributed by atoms with van der Waals surface area (Å²) in [5.41, 5.74) is 11.2. The second-order valence-corrected chi connectivity index (χ2v) is 7.64. The lowest BCUT2D eigenvalue weighted by Gasteiger charge is -2.21. The van der Waals surface area contributed by atoms with Crippen LogP contribution in [0.5, 0.6) is 0 Å². The molecule has 0 bridgehead atoms. The topological polar surface area (TPSA) is 20.2 Å². The average Bonchev–Trinajstić information content (AvgIpc) is 2.59. The summed E-state index contributed by atoms with van der Waals surface area (Å²) in [6.07, 6.45) is 0. The predicted molar refractivity (Wildman–Crippen MR) is 116 cm³/mol. The van der Waals surface area contributed by atoms with Gasteiger partial charge >= 0.3 is 0 Å². The fourth-order valence-corrected chi connectivity index (χ4v) is 4.25. The van der Waals surface area contributed by atoms with Crippen molar-refractivity contribution < 1.29 is 5.11 Å². The molecule has 3 aromatic rings. The second-order valence-electron chi connectivity index (χ2n) is 7.64. The Kier molecular flexibility index (Phi) is 5.23. The molecule has 0 aromatic heterocycles. The van der Waals surface area contributed by atoms with Crippen molar-refractivity contribution >= 4 is 11.3 Å². The molecule has 0 radical (unpaired) electrons. The van der Waals surface area contributed by atoms with Crippen LogP contribution in [0.1, 0.15) is 50.1 Å². The van der Waals surface area contributed by atoms with Crippen LogP contribution in [0.3, 0.4) is 0 Å². The van der Waals surface area contributed by atoms with Crippen molar-refractivity contribution in [2.75, 3.05) is 0 Å². The molecule has 138 valence electrons. The normalized spacial score (nSPS) is 10.7. The Morgan fingerprint density at radius 2 is 0.963 bits per heavy atom. The fourth-order valence-electron chi connectivity index (χ4n) is 4.25. The second kappa shape index (κ2) is 7.44. The Balaban J connectivity index is 2.44. The van der Waals surface area contributed by atoms with Gasteiger partial charge in [0.25, 0.3) is 0 Å². The van der Waals surface area contributed by atoms with Gasteiger partial charge in [0.1, 0.15) is 5.76 Å². The Hall–Kier alpha value is -2.80. The zero-order valence-corrected chi connectivity index (χ0v) is 17.1. The molecule has 0 spiro atoms. The maximum Gasteiger partial charge on any atom is 0.131 e. The van der Waals surface area contributed by atoms with E-state index in [2.05, 4.69) is 65.8 Å². The Labute approximate surface area is 163 Å². The summed E-state index contributed by atoms with van der Waals surface area (Å²) in [5.74, 6) is 0.334. The minimum atomic E-state index is 0.334. The number of rotatable bonds is 3. The first kappa shape index (κ1) is 19.0. The molecule has 1 nitrogen and oxygen atoms in total. The molecular weight excluding hydrogens is 328 g/mol. The Morgan fingerprint density at radius 1 is 0.593 bits per heavy atom. The van der Waals surface area contributed by atoms with Gasteiger partial charge in [-0.25, -0.2) is 0 Å². The number of aliphatic hydroxyl groups is 1. The van der Waals surface area contributed by atoms with E-state index in [9.17, 15) is 5.11 Å². The molecule has 1 heteroatoms. The third kappa shape index (κ3) is 3.68. The van der Waals surface area contributed by atoms with E-state index >= 15 is 0 Å². The predicted octanol–water partition coefficient (Wildman–Crippen LogP) is 7.01. The van der Waals surface area contributed by atoms with Gasteiger partial charge in [-0.3, -0.25) is 0 Å². The monoisotopic (exact) mass is 356 g/mol. The largest absolute Gasteiger partial charge is 0.507 e. The third-order valence-electron chi connectivity index (χ3n) is 5.14. The molecule has 27 heavy (non-hydrogen) atoms. The molecular formula is C26H28O. The lowest BCUT2D eigenvalue weighted by molar-refractivity contribution is 0.513. The molecule has 0 amide bonds. The van der Waals surface area contributed by atoms with E-state index in [1.165, 1.54) is 33.4 Å². The highest BCUT2D eigenvalue weighted by Crippen LogP contribution is 2.38. The summed E-state index contributed by atoms with van der Waals surface area (Å²) < 4.78 is 0. The van der Waals surface area contributed by atoms with Crippen molar-refractivity contribution in [1.29, 1.82) is 0 Å². The highest BCUT2D eigenvalue weighted by Gasteiger charge is 2.21. The first-order chi connectivity index (χ1) is 12.8. The summed E-state index contributed by atoms with van der Waals surface area (Å²) >= 11 is 0. The zero-order chi connectivity index (χ0) is 19.7. The summed E-state index contributed by atoms with van der Waals surface area (Å²) in [7, 11) is 0. The van der Waals surface area contributed by atoms with E-state index in [1.807, 2.05) is 30.3 Å². The minimum Gasteiger partial charge on any atom is -0.507 e. The SMILES string of the molecule is Cc1cc(C)c(C(=C(O)c2ccccc2)c2c(C)cc(C)cc2C)c(C)c1. The molecule has 0 saturated carbocycles. The maximum absolute atomic E-state index is 11.4. The first-order valence-corrected chi connectivity index (χ1v) is 9.44. The van der Waals surface area contributed by atoms with Gasteiger partial charge in [-0.1, -0.05) is 65.7 Å². The van der Waals surface area contributed by atoms with Gasteiger partial charge < -0.3 is 5.11 Å². The highest BCUT2D eigenvalue weighted by atomic mass is 16.3. The van der Waals surface area contributed by atoms with Crippen molar-refractivity contribution in [2.24, 2.45) is 0 Å². The quantitative estimate of drug-likeness (QED) is 0.395. The zero-order valence-electron chi connectivity index (χ0n) is 17.1. The van der Waals surface area contributed by atoms with Crippen LogP contribution in [-0.4, -0.2) is 5.11 Å². The molecule has 0 atom stereocenters. The fraction of sp³-hybridized carbons (Fsp3) is 0.231. The van der Waals surface area contributed by atoms with Crippen LogP contribution in [0.2, 0.25) is 0 Å². The van der Waals surface area contributed by atoms with Crippen LogP contribution in [0.15, 0.2) is 54.6 Å². The number of benzene rings is 3. The Morgan fingerprint density at radius 3 is 1.33 bits per heavy atom. The lowest BCUT2D eigenvalue weighted by Crippen LogP contribution is -2.04. The van der Waals surface area contributed by atoms with E-state index in [-0.39, 0.29) is 0 Å². The highest BCUT2D eigenvalue weighted by molar-refractivity contribution is 5.99. The van der Waals surface area contributed by atoms with Gasteiger partial charge in [0.2, 0.25) is 0 Å². The molecule has 1 N–H and O–H groups in total. The minimum absolute atomic E-state index is 0.334. The molecule has 0 fully saturated rings. The number of hydrogen-bond donors (Lipinski definition) is 1. The van der Waals surface area contributed by atoms with Crippen LogP contribution >= 0.6 is 0 Å². The van der Waals surface area contributed by atoms with Crippen molar-refractivity contribution in [3.63, 3.8) is 0 Å². The van der Waals surface area contributed by atoms with Crippen molar-refractivity contribution in [3.05, 3.63) is 105 Å². The number of aryl methyl sites for hydroxylation is 6. The van der Waals surface area contributed by atoms with Crippen molar-refractivity contribution in [2.45, 2.75) is 41.5 Å². The van der Waals surface area contributed by atoms with E-state index in [0.29, 0.717) is 5.76 Å². The van der Waals surface area contributed by atoms with Crippen LogP contribution in [0.4, 0.5) is 0 Å². The molecule has 0 heterocycles. The molecule has 3 aromatic carbocycles. The summed E-state index contributed by atoms with van der Waals surface area (Å²) in [5, 5.41) is 11.4. The van der Waals surface area contributed by atoms with Gasteiger partial charge in [0.15, 0.2) is 0 Å². The van der Waals surface area contributed by atoms with Crippen molar-refractivity contribution in [3.8, 4) is 0 Å². The molecule has 0 aliphatic heterocycles. The molecule has 0 aliphatic rings. The smallest absolute Gasteiger partial charge is 0.131 e. The molecule has 3 rings (SSSR count). The first-order valence-electron chi connectivity index (χ1n) is 9.44. The summed E-state index contributed by atoms with van der Waals surface area (Å²) in [6, 6.07) is 18.6. The molecule has 0 unspecified atom stereocenters. The average molecular weight is 357 g/mol. The van der Waals surface area contributed by atoms with Crippen molar-refractivity contribution in [1.82, 2.24) is 0 Å². The van der Waals surface area contributed by atoms with E-state index in [0.717, 1.165) is 22.3 Å². The number of hydrogen-bond acceptors (Lipinski definition) is 1. The van der Waals surface area contributed by atoms with Gasteiger partial charge in [0, 0.05) is 11.1 Å². The maximum atomic E-state index is 11.4. The van der Waals surface area contributed by atoms with Gasteiger partial charge in [-0.05, 0) is 74.9 Å². The van der Waals surface area contributed by atoms with E-state index in [4.69, 9.17) is 0 Å². The van der Waals surface area contributed by atoms with Gasteiger partial charge in [-0.2, -0.15) is 0 Å². The van der Waals surface area contributed by atoms with E-state index < -0.39 is 0 Å². The van der Waals surface area contributed by atoms with Crippen LogP contribution in [0, 0.1) is 41.5 Å². The molecule has 0 saturated heterocycles. The standard InChI is InChI=1S/C26H28O/c1-16-12-18(3)23(19(4)13-16)25(26(27)22-10-8-7-9-11-22)24-20(5)14-17(2)15-21(24)6/h7-15,27H,1-6H3. The van der Waals surface area contributed by atoms with Crippen LogP contribution < -0.4 is 0 Å². The third-order valence-corrected chi connectivity index (χ3v) is 5.14. The van der Waals surface area contributed by atoms with Crippen LogP contribution in [0.25, 0.3) is 11.3 Å².